The maximum atomic E-state index is 12.5. The lowest BCUT2D eigenvalue weighted by atomic mass is 10.2. The predicted molar refractivity (Wildman–Crippen MR) is 110 cm³/mol. The second-order valence-electron chi connectivity index (χ2n) is 6.12. The minimum Gasteiger partial charge on any atom is -0.496 e. The molecule has 0 saturated heterocycles. The van der Waals surface area contributed by atoms with Crippen LogP contribution < -0.4 is 10.1 Å². The SMILES string of the molecule is COc1ccccc1-c1nnc(SC(C)C(=O)Nc2ccc([N+](=O)[O-])cc2)n1C. The number of rotatable bonds is 7. The highest BCUT2D eigenvalue weighted by molar-refractivity contribution is 8.00. The third kappa shape index (κ3) is 4.54. The van der Waals surface area contributed by atoms with E-state index in [-0.39, 0.29) is 11.6 Å². The Balaban J connectivity index is 1.70. The summed E-state index contributed by atoms with van der Waals surface area (Å²) in [6.07, 6.45) is 0. The molecule has 3 aromatic rings. The summed E-state index contributed by atoms with van der Waals surface area (Å²) in [5.74, 6) is 1.07. The smallest absolute Gasteiger partial charge is 0.269 e. The fraction of sp³-hybridized carbons (Fsp3) is 0.211. The highest BCUT2D eigenvalue weighted by Crippen LogP contribution is 2.31. The molecule has 3 rings (SSSR count). The molecule has 1 amide bonds. The molecule has 9 nitrogen and oxygen atoms in total. The van der Waals surface area contributed by atoms with Crippen LogP contribution in [0.5, 0.6) is 5.75 Å². The Morgan fingerprint density at radius 2 is 1.90 bits per heavy atom. The second-order valence-corrected chi connectivity index (χ2v) is 7.43. The Kier molecular flexibility index (Phi) is 6.13. The van der Waals surface area contributed by atoms with E-state index in [1.807, 2.05) is 31.3 Å². The number of para-hydroxylation sites is 1. The van der Waals surface area contributed by atoms with E-state index in [1.165, 1.54) is 36.0 Å². The Bertz CT molecular complexity index is 1040. The van der Waals surface area contributed by atoms with Crippen LogP contribution in [0.25, 0.3) is 11.4 Å². The fourth-order valence-corrected chi connectivity index (χ4v) is 3.42. The van der Waals surface area contributed by atoms with Crippen LogP contribution in [0.15, 0.2) is 53.7 Å². The van der Waals surface area contributed by atoms with Crippen molar-refractivity contribution in [3.63, 3.8) is 0 Å². The lowest BCUT2D eigenvalue weighted by Gasteiger charge is -2.12. The van der Waals surface area contributed by atoms with Gasteiger partial charge >= 0.3 is 0 Å². The number of nitrogens with one attached hydrogen (secondary N) is 1. The van der Waals surface area contributed by atoms with Crippen molar-refractivity contribution in [1.82, 2.24) is 14.8 Å². The number of ether oxygens (including phenoxy) is 1. The number of carbonyl (C=O) groups is 1. The number of non-ortho nitro benzene ring substituents is 1. The molecule has 0 saturated carbocycles. The summed E-state index contributed by atoms with van der Waals surface area (Å²) in [4.78, 5) is 22.7. The second kappa shape index (κ2) is 8.74. The van der Waals surface area contributed by atoms with Gasteiger partial charge in [0.2, 0.25) is 5.91 Å². The Labute approximate surface area is 171 Å². The normalized spacial score (nSPS) is 11.7. The number of aromatic nitrogens is 3. The van der Waals surface area contributed by atoms with E-state index >= 15 is 0 Å². The number of amides is 1. The third-order valence-electron chi connectivity index (χ3n) is 4.18. The summed E-state index contributed by atoms with van der Waals surface area (Å²) >= 11 is 1.26. The van der Waals surface area contributed by atoms with E-state index < -0.39 is 10.2 Å². The van der Waals surface area contributed by atoms with Crippen molar-refractivity contribution in [2.24, 2.45) is 7.05 Å². The van der Waals surface area contributed by atoms with Gasteiger partial charge in [-0.3, -0.25) is 14.9 Å². The van der Waals surface area contributed by atoms with Crippen molar-refractivity contribution < 1.29 is 14.5 Å². The Hall–Kier alpha value is -3.40. The van der Waals surface area contributed by atoms with Gasteiger partial charge in [-0.1, -0.05) is 23.9 Å². The van der Waals surface area contributed by atoms with Crippen LogP contribution in [0.1, 0.15) is 6.92 Å². The number of benzene rings is 2. The van der Waals surface area contributed by atoms with Gasteiger partial charge in [0.1, 0.15) is 5.75 Å². The molecule has 0 fully saturated rings. The molecule has 1 atom stereocenters. The lowest BCUT2D eigenvalue weighted by molar-refractivity contribution is -0.384. The molecular formula is C19H19N5O4S. The molecule has 1 N–H and O–H groups in total. The molecule has 0 spiro atoms. The van der Waals surface area contributed by atoms with E-state index in [0.29, 0.717) is 22.4 Å². The number of methoxy groups -OCH3 is 1. The average molecular weight is 413 g/mol. The maximum Gasteiger partial charge on any atom is 0.269 e. The number of nitrogens with zero attached hydrogens (tertiary/aromatic N) is 4. The molecule has 150 valence electrons. The summed E-state index contributed by atoms with van der Waals surface area (Å²) in [6.45, 7) is 1.75. The zero-order chi connectivity index (χ0) is 21.0. The molecule has 0 bridgehead atoms. The van der Waals surface area contributed by atoms with Crippen molar-refractivity contribution in [3.8, 4) is 17.1 Å². The summed E-state index contributed by atoms with van der Waals surface area (Å²) in [5, 5.41) is 22.0. The molecule has 0 aliphatic heterocycles. The van der Waals surface area contributed by atoms with Gasteiger partial charge in [0, 0.05) is 24.9 Å². The first-order chi connectivity index (χ1) is 13.9. The van der Waals surface area contributed by atoms with Crippen LogP contribution in [0.2, 0.25) is 0 Å². The van der Waals surface area contributed by atoms with Gasteiger partial charge in [0.15, 0.2) is 11.0 Å². The molecule has 0 aliphatic carbocycles. The van der Waals surface area contributed by atoms with Gasteiger partial charge < -0.3 is 14.6 Å². The van der Waals surface area contributed by atoms with Crippen molar-refractivity contribution in [3.05, 3.63) is 58.6 Å². The highest BCUT2D eigenvalue weighted by atomic mass is 32.2. The number of nitro benzene ring substituents is 1. The minimum atomic E-state index is -0.489. The lowest BCUT2D eigenvalue weighted by Crippen LogP contribution is -2.22. The first-order valence-corrected chi connectivity index (χ1v) is 9.53. The molecule has 0 aliphatic rings. The summed E-state index contributed by atoms with van der Waals surface area (Å²) in [5.41, 5.74) is 1.26. The average Bonchev–Trinajstić information content (AvgIpc) is 3.08. The maximum absolute atomic E-state index is 12.5. The molecule has 1 unspecified atom stereocenters. The van der Waals surface area contributed by atoms with E-state index in [2.05, 4.69) is 15.5 Å². The molecule has 0 radical (unpaired) electrons. The first kappa shape index (κ1) is 20.3. The third-order valence-corrected chi connectivity index (χ3v) is 5.31. The number of carbonyl (C=O) groups excluding carboxylic acids is 1. The van der Waals surface area contributed by atoms with Gasteiger partial charge in [0.25, 0.3) is 5.69 Å². The zero-order valence-corrected chi connectivity index (χ0v) is 16.8. The number of nitro groups is 1. The van der Waals surface area contributed by atoms with Crippen LogP contribution in [0, 0.1) is 10.1 Å². The van der Waals surface area contributed by atoms with Crippen LogP contribution in [-0.2, 0) is 11.8 Å². The molecule has 29 heavy (non-hydrogen) atoms. The van der Waals surface area contributed by atoms with E-state index in [0.717, 1.165) is 5.56 Å². The largest absolute Gasteiger partial charge is 0.496 e. The fourth-order valence-electron chi connectivity index (χ4n) is 2.60. The topological polar surface area (TPSA) is 112 Å². The van der Waals surface area contributed by atoms with E-state index in [1.54, 1.807) is 18.6 Å². The van der Waals surface area contributed by atoms with E-state index in [4.69, 9.17) is 4.74 Å². The number of hydrogen-bond donors (Lipinski definition) is 1. The Morgan fingerprint density at radius 1 is 1.21 bits per heavy atom. The number of hydrogen-bond acceptors (Lipinski definition) is 7. The summed E-state index contributed by atoms with van der Waals surface area (Å²) in [7, 11) is 3.42. The summed E-state index contributed by atoms with van der Waals surface area (Å²) < 4.78 is 7.18. The van der Waals surface area contributed by atoms with Crippen LogP contribution in [0.3, 0.4) is 0 Å². The van der Waals surface area contributed by atoms with Gasteiger partial charge in [-0.05, 0) is 31.2 Å². The van der Waals surface area contributed by atoms with Gasteiger partial charge in [-0.15, -0.1) is 10.2 Å². The Morgan fingerprint density at radius 3 is 2.55 bits per heavy atom. The number of anilines is 1. The van der Waals surface area contributed by atoms with Gasteiger partial charge in [-0.25, -0.2) is 0 Å². The van der Waals surface area contributed by atoms with Crippen molar-refractivity contribution in [1.29, 1.82) is 0 Å². The molecule has 1 aromatic heterocycles. The standard InChI is InChI=1S/C19H19N5O4S/c1-12(18(25)20-13-8-10-14(11-9-13)24(26)27)29-19-22-21-17(23(19)2)15-6-4-5-7-16(15)28-3/h4-12H,1-3H3,(H,20,25). The van der Waals surface area contributed by atoms with Gasteiger partial charge in [-0.2, -0.15) is 0 Å². The number of thioether (sulfide) groups is 1. The van der Waals surface area contributed by atoms with Crippen molar-refractivity contribution >= 4 is 29.0 Å². The predicted octanol–water partition coefficient (Wildman–Crippen LogP) is 3.52. The summed E-state index contributed by atoms with van der Waals surface area (Å²) in [6, 6.07) is 13.2. The first-order valence-electron chi connectivity index (χ1n) is 8.65. The molecular weight excluding hydrogens is 394 g/mol. The van der Waals surface area contributed by atoms with Gasteiger partial charge in [0.05, 0.1) is 22.8 Å². The van der Waals surface area contributed by atoms with Crippen LogP contribution in [-0.4, -0.2) is 38.0 Å². The molecule has 2 aromatic carbocycles. The van der Waals surface area contributed by atoms with E-state index in [9.17, 15) is 14.9 Å². The minimum absolute atomic E-state index is 0.0339. The molecule has 1 heterocycles. The monoisotopic (exact) mass is 413 g/mol. The van der Waals surface area contributed by atoms with Crippen LogP contribution >= 0.6 is 11.8 Å². The van der Waals surface area contributed by atoms with Crippen molar-refractivity contribution in [2.45, 2.75) is 17.3 Å². The zero-order valence-electron chi connectivity index (χ0n) is 16.0. The highest BCUT2D eigenvalue weighted by Gasteiger charge is 2.21. The quantitative estimate of drug-likeness (QED) is 0.358. The molecule has 10 heteroatoms. The van der Waals surface area contributed by atoms with Crippen LogP contribution in [0.4, 0.5) is 11.4 Å². The van der Waals surface area contributed by atoms with Crippen molar-refractivity contribution in [2.75, 3.05) is 12.4 Å².